The fourth-order valence-electron chi connectivity index (χ4n) is 4.51. The lowest BCUT2D eigenvalue weighted by Crippen LogP contribution is -2.46. The molecule has 2 saturated carbocycles. The maximum absolute atomic E-state index is 3.83. The predicted molar refractivity (Wildman–Crippen MR) is 84.4 cm³/mol. The third-order valence-electron chi connectivity index (χ3n) is 5.60. The van der Waals surface area contributed by atoms with Gasteiger partial charge in [-0.25, -0.2) is 0 Å². The van der Waals surface area contributed by atoms with E-state index in [-0.39, 0.29) is 5.54 Å². The van der Waals surface area contributed by atoms with E-state index in [9.17, 15) is 0 Å². The second-order valence-electron chi connectivity index (χ2n) is 8.36. The molecular weight excluding hydrogens is 230 g/mol. The van der Waals surface area contributed by atoms with E-state index < -0.39 is 0 Å². The van der Waals surface area contributed by atoms with Crippen molar-refractivity contribution in [1.29, 1.82) is 0 Å². The normalized spacial score (nSPS) is 34.1. The Kier molecular flexibility index (Phi) is 4.98. The third-order valence-corrected chi connectivity index (χ3v) is 5.60. The molecule has 112 valence electrons. The van der Waals surface area contributed by atoms with Crippen LogP contribution in [-0.2, 0) is 0 Å². The summed E-state index contributed by atoms with van der Waals surface area (Å²) >= 11 is 0. The molecule has 0 saturated heterocycles. The standard InChI is InChI=1S/C18H35N/c1-5-6-7-8-11-18(14-19-17(2,3)4)13-15-9-10-16(18)12-15/h15-16,19H,5-14H2,1-4H3. The summed E-state index contributed by atoms with van der Waals surface area (Å²) < 4.78 is 0. The van der Waals surface area contributed by atoms with Crippen LogP contribution in [0.25, 0.3) is 0 Å². The molecule has 1 N–H and O–H groups in total. The molecule has 0 radical (unpaired) electrons. The quantitative estimate of drug-likeness (QED) is 0.628. The van der Waals surface area contributed by atoms with Crippen molar-refractivity contribution in [2.24, 2.45) is 17.3 Å². The van der Waals surface area contributed by atoms with Gasteiger partial charge in [0, 0.05) is 12.1 Å². The average Bonchev–Trinajstić information content (AvgIpc) is 2.92. The van der Waals surface area contributed by atoms with E-state index in [2.05, 4.69) is 33.0 Å². The summed E-state index contributed by atoms with van der Waals surface area (Å²) in [7, 11) is 0. The molecule has 2 aliphatic carbocycles. The molecule has 1 heteroatoms. The van der Waals surface area contributed by atoms with Gasteiger partial charge in [0.1, 0.15) is 0 Å². The van der Waals surface area contributed by atoms with Gasteiger partial charge in [0.05, 0.1) is 0 Å². The summed E-state index contributed by atoms with van der Waals surface area (Å²) in [5.41, 5.74) is 0.933. The van der Waals surface area contributed by atoms with Gasteiger partial charge in [-0.3, -0.25) is 0 Å². The average molecular weight is 265 g/mol. The molecular formula is C18H35N. The Labute approximate surface area is 120 Å². The lowest BCUT2D eigenvalue weighted by Gasteiger charge is -2.40. The van der Waals surface area contributed by atoms with E-state index in [0.717, 1.165) is 11.8 Å². The van der Waals surface area contributed by atoms with Crippen LogP contribution in [0.1, 0.15) is 85.5 Å². The SMILES string of the molecule is CCCCCCC1(CNC(C)(C)C)CC2CCC1C2. The fraction of sp³-hybridized carbons (Fsp3) is 1.00. The molecule has 2 bridgehead atoms. The summed E-state index contributed by atoms with van der Waals surface area (Å²) in [4.78, 5) is 0. The first-order chi connectivity index (χ1) is 8.95. The van der Waals surface area contributed by atoms with Crippen LogP contribution in [0.2, 0.25) is 0 Å². The van der Waals surface area contributed by atoms with E-state index in [4.69, 9.17) is 0 Å². The molecule has 3 unspecified atom stereocenters. The van der Waals surface area contributed by atoms with Gasteiger partial charge in [0.15, 0.2) is 0 Å². The highest BCUT2D eigenvalue weighted by Gasteiger charge is 2.50. The van der Waals surface area contributed by atoms with E-state index in [1.807, 2.05) is 0 Å². The van der Waals surface area contributed by atoms with Gasteiger partial charge in [0.25, 0.3) is 0 Å². The third kappa shape index (κ3) is 3.97. The van der Waals surface area contributed by atoms with Crippen LogP contribution in [-0.4, -0.2) is 12.1 Å². The summed E-state index contributed by atoms with van der Waals surface area (Å²) in [5.74, 6) is 2.10. The number of hydrogen-bond acceptors (Lipinski definition) is 1. The van der Waals surface area contributed by atoms with Crippen molar-refractivity contribution in [1.82, 2.24) is 5.32 Å². The van der Waals surface area contributed by atoms with Crippen LogP contribution in [0.5, 0.6) is 0 Å². The first-order valence-electron chi connectivity index (χ1n) is 8.70. The Morgan fingerprint density at radius 1 is 1.11 bits per heavy atom. The van der Waals surface area contributed by atoms with Crippen LogP contribution in [0.15, 0.2) is 0 Å². The van der Waals surface area contributed by atoms with Gasteiger partial charge >= 0.3 is 0 Å². The van der Waals surface area contributed by atoms with Gasteiger partial charge in [-0.15, -0.1) is 0 Å². The molecule has 0 heterocycles. The maximum atomic E-state index is 3.83. The Hall–Kier alpha value is -0.0400. The Morgan fingerprint density at radius 2 is 1.89 bits per heavy atom. The number of fused-ring (bicyclic) bond motifs is 2. The van der Waals surface area contributed by atoms with Crippen molar-refractivity contribution in [3.05, 3.63) is 0 Å². The largest absolute Gasteiger partial charge is 0.312 e. The fourth-order valence-corrected chi connectivity index (χ4v) is 4.51. The Bertz CT molecular complexity index is 278. The zero-order valence-corrected chi connectivity index (χ0v) is 13.7. The molecule has 19 heavy (non-hydrogen) atoms. The van der Waals surface area contributed by atoms with Crippen molar-refractivity contribution in [3.63, 3.8) is 0 Å². The minimum Gasteiger partial charge on any atom is -0.312 e. The van der Waals surface area contributed by atoms with Crippen LogP contribution in [0, 0.1) is 17.3 Å². The molecule has 2 aliphatic rings. The Balaban J connectivity index is 1.90. The minimum absolute atomic E-state index is 0.276. The van der Waals surface area contributed by atoms with E-state index in [1.54, 1.807) is 6.42 Å². The highest BCUT2D eigenvalue weighted by molar-refractivity contribution is 5.02. The van der Waals surface area contributed by atoms with Gasteiger partial charge < -0.3 is 5.32 Å². The molecule has 0 aromatic heterocycles. The molecule has 0 amide bonds. The molecule has 3 atom stereocenters. The number of hydrogen-bond donors (Lipinski definition) is 1. The predicted octanol–water partition coefficient (Wildman–Crippen LogP) is 5.15. The molecule has 0 aromatic rings. The first kappa shape index (κ1) is 15.4. The molecule has 0 aromatic carbocycles. The van der Waals surface area contributed by atoms with E-state index in [1.165, 1.54) is 57.9 Å². The summed E-state index contributed by atoms with van der Waals surface area (Å²) in [5, 5.41) is 3.83. The van der Waals surface area contributed by atoms with Crippen molar-refractivity contribution >= 4 is 0 Å². The van der Waals surface area contributed by atoms with Crippen LogP contribution in [0.3, 0.4) is 0 Å². The van der Waals surface area contributed by atoms with Crippen molar-refractivity contribution in [3.8, 4) is 0 Å². The summed E-state index contributed by atoms with van der Waals surface area (Å²) in [6.07, 6.45) is 13.3. The summed E-state index contributed by atoms with van der Waals surface area (Å²) in [6.45, 7) is 10.5. The number of rotatable bonds is 7. The highest BCUT2D eigenvalue weighted by atomic mass is 15.0. The number of unbranched alkanes of at least 4 members (excludes halogenated alkanes) is 3. The molecule has 2 rings (SSSR count). The van der Waals surface area contributed by atoms with Crippen molar-refractivity contribution in [2.75, 3.05) is 6.54 Å². The monoisotopic (exact) mass is 265 g/mol. The second kappa shape index (κ2) is 6.16. The minimum atomic E-state index is 0.276. The molecule has 0 aliphatic heterocycles. The second-order valence-corrected chi connectivity index (χ2v) is 8.36. The maximum Gasteiger partial charge on any atom is 0.00967 e. The van der Waals surface area contributed by atoms with Crippen molar-refractivity contribution in [2.45, 2.75) is 91.0 Å². The topological polar surface area (TPSA) is 12.0 Å². The molecule has 2 fully saturated rings. The van der Waals surface area contributed by atoms with E-state index in [0.29, 0.717) is 5.41 Å². The molecule has 1 nitrogen and oxygen atoms in total. The first-order valence-corrected chi connectivity index (χ1v) is 8.70. The highest BCUT2D eigenvalue weighted by Crippen LogP contribution is 2.58. The van der Waals surface area contributed by atoms with Crippen LogP contribution < -0.4 is 5.32 Å². The van der Waals surface area contributed by atoms with Gasteiger partial charge in [0.2, 0.25) is 0 Å². The zero-order valence-electron chi connectivity index (χ0n) is 13.7. The zero-order chi connectivity index (χ0) is 13.9. The Morgan fingerprint density at radius 3 is 2.42 bits per heavy atom. The lowest BCUT2D eigenvalue weighted by molar-refractivity contribution is 0.126. The smallest absolute Gasteiger partial charge is 0.00967 e. The summed E-state index contributed by atoms with van der Waals surface area (Å²) in [6, 6.07) is 0. The van der Waals surface area contributed by atoms with Gasteiger partial charge in [-0.1, -0.05) is 39.0 Å². The van der Waals surface area contributed by atoms with Crippen LogP contribution in [0.4, 0.5) is 0 Å². The van der Waals surface area contributed by atoms with Gasteiger partial charge in [-0.05, 0) is 63.7 Å². The molecule has 0 spiro atoms. The van der Waals surface area contributed by atoms with Crippen LogP contribution >= 0.6 is 0 Å². The van der Waals surface area contributed by atoms with E-state index >= 15 is 0 Å². The lowest BCUT2D eigenvalue weighted by atomic mass is 9.69. The number of nitrogens with one attached hydrogen (secondary N) is 1. The van der Waals surface area contributed by atoms with Crippen molar-refractivity contribution < 1.29 is 0 Å². The van der Waals surface area contributed by atoms with Gasteiger partial charge in [-0.2, -0.15) is 0 Å².